The molecular weight excluding hydrogens is 248 g/mol. The number of hydrogen-bond acceptors (Lipinski definition) is 4. The van der Waals surface area contributed by atoms with E-state index in [2.05, 4.69) is 21.7 Å². The summed E-state index contributed by atoms with van der Waals surface area (Å²) in [5, 5.41) is 0.687. The van der Waals surface area contributed by atoms with Gasteiger partial charge in [0.25, 0.3) is 0 Å². The van der Waals surface area contributed by atoms with Crippen LogP contribution in [0.25, 0.3) is 0 Å². The van der Waals surface area contributed by atoms with Gasteiger partial charge in [-0.3, -0.25) is 4.90 Å². The summed E-state index contributed by atoms with van der Waals surface area (Å²) >= 11 is 5.85. The average Bonchev–Trinajstić information content (AvgIpc) is 2.42. The van der Waals surface area contributed by atoms with Crippen molar-refractivity contribution in [3.63, 3.8) is 0 Å². The van der Waals surface area contributed by atoms with Crippen molar-refractivity contribution in [2.75, 3.05) is 37.6 Å². The van der Waals surface area contributed by atoms with E-state index < -0.39 is 0 Å². The molecule has 1 atom stereocenters. The molecule has 0 radical (unpaired) electrons. The van der Waals surface area contributed by atoms with Crippen LogP contribution in [0.1, 0.15) is 13.3 Å². The Kier molecular flexibility index (Phi) is 4.80. The number of hydrogen-bond donors (Lipinski definition) is 1. The Bertz CT molecular complexity index is 356. The van der Waals surface area contributed by atoms with Gasteiger partial charge in [0, 0.05) is 45.0 Å². The van der Waals surface area contributed by atoms with Crippen LogP contribution in [0.2, 0.25) is 5.02 Å². The van der Waals surface area contributed by atoms with Gasteiger partial charge in [0.2, 0.25) is 0 Å². The first kappa shape index (κ1) is 13.6. The zero-order chi connectivity index (χ0) is 13.0. The Morgan fingerprint density at radius 1 is 1.33 bits per heavy atom. The third kappa shape index (κ3) is 3.13. The number of anilines is 1. The molecule has 0 aromatic carbocycles. The van der Waals surface area contributed by atoms with Gasteiger partial charge in [-0.05, 0) is 18.6 Å². The van der Waals surface area contributed by atoms with Crippen molar-refractivity contribution in [1.29, 1.82) is 0 Å². The summed E-state index contributed by atoms with van der Waals surface area (Å²) in [7, 11) is 0. The van der Waals surface area contributed by atoms with Gasteiger partial charge in [-0.1, -0.05) is 18.5 Å². The molecule has 2 rings (SSSR count). The van der Waals surface area contributed by atoms with Gasteiger partial charge in [0.15, 0.2) is 0 Å². The number of halogens is 1. The second kappa shape index (κ2) is 6.36. The summed E-state index contributed by atoms with van der Waals surface area (Å²) in [5.74, 6) is 1.01. The van der Waals surface area contributed by atoms with Gasteiger partial charge in [0.1, 0.15) is 5.82 Å². The van der Waals surface area contributed by atoms with Crippen LogP contribution < -0.4 is 10.6 Å². The van der Waals surface area contributed by atoms with Crippen LogP contribution in [0.15, 0.2) is 18.3 Å². The van der Waals surface area contributed by atoms with E-state index in [1.54, 1.807) is 6.20 Å². The fourth-order valence-corrected chi connectivity index (χ4v) is 2.56. The van der Waals surface area contributed by atoms with Gasteiger partial charge in [-0.15, -0.1) is 0 Å². The van der Waals surface area contributed by atoms with Gasteiger partial charge in [0.05, 0.1) is 5.02 Å². The van der Waals surface area contributed by atoms with Crippen LogP contribution in [0.4, 0.5) is 5.82 Å². The Hall–Kier alpha value is -0.840. The molecular formula is C13H21ClN4. The first-order valence-electron chi connectivity index (χ1n) is 6.55. The fraction of sp³-hybridized carbons (Fsp3) is 0.615. The highest BCUT2D eigenvalue weighted by Crippen LogP contribution is 2.17. The molecule has 4 nitrogen and oxygen atoms in total. The molecule has 100 valence electrons. The standard InChI is InChI=1S/C13H21ClN4/c1-2-12(9-15)17-5-7-18(8-6-17)13-4-3-11(14)10-16-13/h3-4,10,12H,2,5-9,15H2,1H3. The lowest BCUT2D eigenvalue weighted by Crippen LogP contribution is -2.52. The maximum absolute atomic E-state index is 5.85. The van der Waals surface area contributed by atoms with Gasteiger partial charge >= 0.3 is 0 Å². The predicted octanol–water partition coefficient (Wildman–Crippen LogP) is 1.59. The minimum atomic E-state index is 0.519. The summed E-state index contributed by atoms with van der Waals surface area (Å²) in [6.45, 7) is 7.07. The third-order valence-corrected chi connectivity index (χ3v) is 3.83. The summed E-state index contributed by atoms with van der Waals surface area (Å²) in [5.41, 5.74) is 5.79. The predicted molar refractivity (Wildman–Crippen MR) is 76.2 cm³/mol. The number of aromatic nitrogens is 1. The fourth-order valence-electron chi connectivity index (χ4n) is 2.45. The minimum Gasteiger partial charge on any atom is -0.354 e. The molecule has 0 amide bonds. The van der Waals surface area contributed by atoms with Crippen molar-refractivity contribution in [3.05, 3.63) is 23.4 Å². The maximum atomic E-state index is 5.85. The lowest BCUT2D eigenvalue weighted by Gasteiger charge is -2.39. The first-order chi connectivity index (χ1) is 8.74. The van der Waals surface area contributed by atoms with Gasteiger partial charge < -0.3 is 10.6 Å². The number of piperazine rings is 1. The Morgan fingerprint density at radius 2 is 2.06 bits per heavy atom. The largest absolute Gasteiger partial charge is 0.354 e. The monoisotopic (exact) mass is 268 g/mol. The van der Waals surface area contributed by atoms with Crippen LogP contribution in [0.3, 0.4) is 0 Å². The molecule has 0 spiro atoms. The normalized spacial score (nSPS) is 18.9. The highest BCUT2D eigenvalue weighted by molar-refractivity contribution is 6.30. The van der Waals surface area contributed by atoms with E-state index in [0.717, 1.165) is 45.0 Å². The maximum Gasteiger partial charge on any atom is 0.128 e. The van der Waals surface area contributed by atoms with Crippen LogP contribution in [-0.2, 0) is 0 Å². The number of nitrogens with zero attached hydrogens (tertiary/aromatic N) is 3. The highest BCUT2D eigenvalue weighted by Gasteiger charge is 2.22. The molecule has 1 aromatic heterocycles. The molecule has 0 bridgehead atoms. The van der Waals surface area contributed by atoms with Crippen molar-refractivity contribution in [1.82, 2.24) is 9.88 Å². The van der Waals surface area contributed by atoms with E-state index in [1.165, 1.54) is 0 Å². The van der Waals surface area contributed by atoms with Crippen LogP contribution in [0, 0.1) is 0 Å². The number of pyridine rings is 1. The van der Waals surface area contributed by atoms with Crippen molar-refractivity contribution in [2.45, 2.75) is 19.4 Å². The summed E-state index contributed by atoms with van der Waals surface area (Å²) in [4.78, 5) is 9.14. The van der Waals surface area contributed by atoms with E-state index in [-0.39, 0.29) is 0 Å². The summed E-state index contributed by atoms with van der Waals surface area (Å²) < 4.78 is 0. The van der Waals surface area contributed by atoms with Crippen molar-refractivity contribution >= 4 is 17.4 Å². The van der Waals surface area contributed by atoms with Crippen LogP contribution in [0.5, 0.6) is 0 Å². The first-order valence-corrected chi connectivity index (χ1v) is 6.93. The van der Waals surface area contributed by atoms with Crippen molar-refractivity contribution < 1.29 is 0 Å². The molecule has 1 saturated heterocycles. The molecule has 2 heterocycles. The van der Waals surface area contributed by atoms with Crippen molar-refractivity contribution in [3.8, 4) is 0 Å². The minimum absolute atomic E-state index is 0.519. The van der Waals surface area contributed by atoms with E-state index >= 15 is 0 Å². The molecule has 1 unspecified atom stereocenters. The van der Waals surface area contributed by atoms with E-state index in [4.69, 9.17) is 17.3 Å². The van der Waals surface area contributed by atoms with Gasteiger partial charge in [-0.25, -0.2) is 4.98 Å². The molecule has 0 saturated carbocycles. The lowest BCUT2D eigenvalue weighted by molar-refractivity contribution is 0.184. The summed E-state index contributed by atoms with van der Waals surface area (Å²) in [6, 6.07) is 4.40. The van der Waals surface area contributed by atoms with Gasteiger partial charge in [-0.2, -0.15) is 0 Å². The molecule has 5 heteroatoms. The zero-order valence-corrected chi connectivity index (χ0v) is 11.6. The smallest absolute Gasteiger partial charge is 0.128 e. The van der Waals surface area contributed by atoms with Crippen LogP contribution >= 0.6 is 11.6 Å². The SMILES string of the molecule is CCC(CN)N1CCN(c2ccc(Cl)cn2)CC1. The van der Waals surface area contributed by atoms with E-state index in [0.29, 0.717) is 11.1 Å². The molecule has 2 N–H and O–H groups in total. The Morgan fingerprint density at radius 3 is 2.56 bits per heavy atom. The quantitative estimate of drug-likeness (QED) is 0.901. The zero-order valence-electron chi connectivity index (χ0n) is 10.8. The third-order valence-electron chi connectivity index (χ3n) is 3.61. The second-order valence-corrected chi connectivity index (χ2v) is 5.09. The number of nitrogens with two attached hydrogens (primary N) is 1. The molecule has 1 aromatic rings. The molecule has 1 aliphatic rings. The molecule has 18 heavy (non-hydrogen) atoms. The van der Waals surface area contributed by atoms with E-state index in [9.17, 15) is 0 Å². The Labute approximate surface area is 114 Å². The van der Waals surface area contributed by atoms with Crippen LogP contribution in [-0.4, -0.2) is 48.6 Å². The molecule has 0 aliphatic carbocycles. The molecule has 1 aliphatic heterocycles. The average molecular weight is 269 g/mol. The Balaban J connectivity index is 1.92. The van der Waals surface area contributed by atoms with Crippen molar-refractivity contribution in [2.24, 2.45) is 5.73 Å². The summed E-state index contributed by atoms with van der Waals surface area (Å²) in [6.07, 6.45) is 2.83. The molecule has 1 fully saturated rings. The lowest BCUT2D eigenvalue weighted by atomic mass is 10.1. The van der Waals surface area contributed by atoms with E-state index in [1.807, 2.05) is 12.1 Å². The number of rotatable bonds is 4. The second-order valence-electron chi connectivity index (χ2n) is 4.66. The highest BCUT2D eigenvalue weighted by atomic mass is 35.5. The topological polar surface area (TPSA) is 45.4 Å².